The van der Waals surface area contributed by atoms with Crippen LogP contribution in [-0.4, -0.2) is 34.9 Å². The maximum atomic E-state index is 12.5. The van der Waals surface area contributed by atoms with E-state index in [0.29, 0.717) is 5.91 Å². The first-order valence-electron chi connectivity index (χ1n) is 6.80. The molecule has 1 spiro atoms. The van der Waals surface area contributed by atoms with Crippen molar-refractivity contribution in [2.45, 2.75) is 37.9 Å². The molecule has 3 nitrogen and oxygen atoms in total. The van der Waals surface area contributed by atoms with Gasteiger partial charge in [0.25, 0.3) is 0 Å². The lowest BCUT2D eigenvalue weighted by atomic mass is 10.2. The topological polar surface area (TPSA) is 32.3 Å². The van der Waals surface area contributed by atoms with Crippen LogP contribution in [0.25, 0.3) is 0 Å². The van der Waals surface area contributed by atoms with E-state index in [-0.39, 0.29) is 11.7 Å². The minimum Gasteiger partial charge on any atom is -0.320 e. The van der Waals surface area contributed by atoms with Crippen molar-refractivity contribution in [3.63, 3.8) is 0 Å². The van der Waals surface area contributed by atoms with Gasteiger partial charge >= 0.3 is 0 Å². The molecule has 1 atom stereocenters. The molecule has 104 valence electrons. The molecule has 1 N–H and O–H groups in total. The van der Waals surface area contributed by atoms with E-state index in [2.05, 4.69) is 35.5 Å². The first-order chi connectivity index (χ1) is 9.16. The fourth-order valence-electron chi connectivity index (χ4n) is 2.71. The van der Waals surface area contributed by atoms with Crippen molar-refractivity contribution in [2.75, 3.05) is 18.6 Å². The van der Waals surface area contributed by atoms with Crippen molar-refractivity contribution < 1.29 is 4.79 Å². The van der Waals surface area contributed by atoms with E-state index < -0.39 is 0 Å². The lowest BCUT2D eigenvalue weighted by Crippen LogP contribution is -2.33. The van der Waals surface area contributed by atoms with Crippen LogP contribution in [0.1, 0.15) is 35.2 Å². The summed E-state index contributed by atoms with van der Waals surface area (Å²) in [5.41, 5.74) is -0.206. The third kappa shape index (κ3) is 2.43. The molecule has 1 saturated carbocycles. The van der Waals surface area contributed by atoms with Gasteiger partial charge in [-0.25, -0.2) is 0 Å². The summed E-state index contributed by atoms with van der Waals surface area (Å²) >= 11 is 3.64. The third-order valence-corrected chi connectivity index (χ3v) is 5.67. The molecule has 0 radical (unpaired) electrons. The van der Waals surface area contributed by atoms with Gasteiger partial charge in [-0.3, -0.25) is 10.1 Å². The highest BCUT2D eigenvalue weighted by Crippen LogP contribution is 2.46. The van der Waals surface area contributed by atoms with Crippen LogP contribution in [-0.2, 0) is 4.79 Å². The van der Waals surface area contributed by atoms with E-state index in [0.717, 1.165) is 31.6 Å². The number of amides is 1. The Morgan fingerprint density at radius 3 is 2.89 bits per heavy atom. The highest BCUT2D eigenvalue weighted by Gasteiger charge is 2.59. The molecule has 5 heteroatoms. The fourth-order valence-corrected chi connectivity index (χ4v) is 4.07. The Bertz CT molecular complexity index is 482. The van der Waals surface area contributed by atoms with Crippen LogP contribution in [0.3, 0.4) is 0 Å². The Kier molecular flexibility index (Phi) is 3.62. The molecule has 2 fully saturated rings. The second kappa shape index (κ2) is 5.11. The molecular weight excluding hydrogens is 276 g/mol. The number of aryl methyl sites for hydroxylation is 1. The molecule has 0 aromatic carbocycles. The summed E-state index contributed by atoms with van der Waals surface area (Å²) in [4.78, 5) is 17.2. The predicted molar refractivity (Wildman–Crippen MR) is 81.6 cm³/mol. The number of nitrogens with one attached hydrogen (secondary N) is 1. The van der Waals surface area contributed by atoms with E-state index in [4.69, 9.17) is 0 Å². The number of hydrogen-bond acceptors (Lipinski definition) is 4. The van der Waals surface area contributed by atoms with Gasteiger partial charge in [-0.1, -0.05) is 0 Å². The summed E-state index contributed by atoms with van der Waals surface area (Å²) in [6.07, 6.45) is 5.31. The average Bonchev–Trinajstić information content (AvgIpc) is 2.98. The largest absolute Gasteiger partial charge is 0.320 e. The first kappa shape index (κ1) is 13.5. The van der Waals surface area contributed by atoms with Gasteiger partial charge in [0.15, 0.2) is 0 Å². The summed E-state index contributed by atoms with van der Waals surface area (Å²) in [6.45, 7) is 2.99. The molecule has 1 unspecified atom stereocenters. The first-order valence-corrected chi connectivity index (χ1v) is 9.01. The zero-order valence-corrected chi connectivity index (χ0v) is 13.1. The summed E-state index contributed by atoms with van der Waals surface area (Å²) in [5, 5.41) is 3.58. The van der Waals surface area contributed by atoms with Crippen molar-refractivity contribution >= 4 is 29.0 Å². The number of rotatable bonds is 5. The van der Waals surface area contributed by atoms with Gasteiger partial charge in [-0.15, -0.1) is 11.3 Å². The van der Waals surface area contributed by atoms with Crippen LogP contribution in [0.4, 0.5) is 0 Å². The summed E-state index contributed by atoms with van der Waals surface area (Å²) in [5.74, 6) is 1.44. The summed E-state index contributed by atoms with van der Waals surface area (Å²) in [6, 6.07) is 4.30. The number of hydrogen-bond donors (Lipinski definition) is 1. The van der Waals surface area contributed by atoms with Crippen LogP contribution < -0.4 is 5.32 Å². The molecule has 1 aliphatic heterocycles. The van der Waals surface area contributed by atoms with Gasteiger partial charge in [-0.2, -0.15) is 11.8 Å². The standard InChI is InChI=1S/C14H20N2OS2/c1-10-4-5-11(19-10)12-15-14(6-7-14)13(17)16(12)8-3-9-18-2/h4-5,12,15H,3,6-9H2,1-2H3. The summed E-state index contributed by atoms with van der Waals surface area (Å²) in [7, 11) is 0. The Morgan fingerprint density at radius 2 is 2.32 bits per heavy atom. The summed E-state index contributed by atoms with van der Waals surface area (Å²) < 4.78 is 0. The minimum absolute atomic E-state index is 0.107. The molecule has 1 amide bonds. The molecular formula is C14H20N2OS2. The van der Waals surface area contributed by atoms with Crippen LogP contribution in [0.15, 0.2) is 12.1 Å². The maximum absolute atomic E-state index is 12.5. The number of thioether (sulfide) groups is 1. The van der Waals surface area contributed by atoms with Gasteiger partial charge in [0.05, 0.1) is 0 Å². The Morgan fingerprint density at radius 1 is 1.53 bits per heavy atom. The Labute approximate surface area is 122 Å². The van der Waals surface area contributed by atoms with Crippen LogP contribution in [0, 0.1) is 6.92 Å². The molecule has 2 heterocycles. The molecule has 1 saturated heterocycles. The van der Waals surface area contributed by atoms with Crippen molar-refractivity contribution in [1.82, 2.24) is 10.2 Å². The van der Waals surface area contributed by atoms with Crippen molar-refractivity contribution in [2.24, 2.45) is 0 Å². The van der Waals surface area contributed by atoms with Crippen molar-refractivity contribution in [3.05, 3.63) is 21.9 Å². The van der Waals surface area contributed by atoms with Crippen LogP contribution in [0.5, 0.6) is 0 Å². The second-order valence-electron chi connectivity index (χ2n) is 5.42. The van der Waals surface area contributed by atoms with Gasteiger partial charge in [0.1, 0.15) is 11.7 Å². The lowest BCUT2D eigenvalue weighted by molar-refractivity contribution is -0.130. The van der Waals surface area contributed by atoms with Gasteiger partial charge in [-0.05, 0) is 50.3 Å². The molecule has 0 bridgehead atoms. The van der Waals surface area contributed by atoms with Crippen LogP contribution >= 0.6 is 23.1 Å². The second-order valence-corrected chi connectivity index (χ2v) is 7.73. The predicted octanol–water partition coefficient (Wildman–Crippen LogP) is 2.77. The monoisotopic (exact) mass is 296 g/mol. The maximum Gasteiger partial charge on any atom is 0.244 e. The molecule has 1 aromatic heterocycles. The average molecular weight is 296 g/mol. The number of carbonyl (C=O) groups excluding carboxylic acids is 1. The Balaban J connectivity index is 1.78. The van der Waals surface area contributed by atoms with Crippen molar-refractivity contribution in [1.29, 1.82) is 0 Å². The van der Waals surface area contributed by atoms with E-state index in [9.17, 15) is 4.79 Å². The normalized spacial score (nSPS) is 24.4. The number of carbonyl (C=O) groups is 1. The third-order valence-electron chi connectivity index (χ3n) is 3.92. The van der Waals surface area contributed by atoms with Gasteiger partial charge in [0, 0.05) is 16.3 Å². The molecule has 1 aliphatic carbocycles. The highest BCUT2D eigenvalue weighted by atomic mass is 32.2. The van der Waals surface area contributed by atoms with E-state index in [1.54, 1.807) is 11.3 Å². The smallest absolute Gasteiger partial charge is 0.244 e. The SMILES string of the molecule is CSCCCN1C(=O)C2(CC2)NC1c1ccc(C)s1. The van der Waals surface area contributed by atoms with E-state index >= 15 is 0 Å². The molecule has 2 aliphatic rings. The lowest BCUT2D eigenvalue weighted by Gasteiger charge is -2.23. The zero-order chi connectivity index (χ0) is 13.5. The minimum atomic E-state index is -0.206. The quantitative estimate of drug-likeness (QED) is 0.848. The highest BCUT2D eigenvalue weighted by molar-refractivity contribution is 7.98. The van der Waals surface area contributed by atoms with Crippen molar-refractivity contribution in [3.8, 4) is 0 Å². The molecule has 19 heavy (non-hydrogen) atoms. The van der Waals surface area contributed by atoms with Crippen LogP contribution in [0.2, 0.25) is 0 Å². The molecule has 1 aromatic rings. The molecule has 3 rings (SSSR count). The Hall–Kier alpha value is -0.520. The number of nitrogens with zero attached hydrogens (tertiary/aromatic N) is 1. The number of thiophene rings is 1. The fraction of sp³-hybridized carbons (Fsp3) is 0.643. The van der Waals surface area contributed by atoms with E-state index in [1.807, 2.05) is 11.8 Å². The van der Waals surface area contributed by atoms with Gasteiger partial charge in [0.2, 0.25) is 5.91 Å². The zero-order valence-electron chi connectivity index (χ0n) is 11.4. The van der Waals surface area contributed by atoms with E-state index in [1.165, 1.54) is 9.75 Å². The van der Waals surface area contributed by atoms with Gasteiger partial charge < -0.3 is 4.90 Å².